The Morgan fingerprint density at radius 2 is 1.69 bits per heavy atom. The average Bonchev–Trinajstić information content (AvgIpc) is 2.21. The van der Waals surface area contributed by atoms with Crippen molar-refractivity contribution in [2.24, 2.45) is 0 Å². The second-order valence-electron chi connectivity index (χ2n) is 1.77. The summed E-state index contributed by atoms with van der Waals surface area (Å²) in [5.41, 5.74) is 0. The third kappa shape index (κ3) is 6.60. The molecule has 0 radical (unpaired) electrons. The molecule has 0 amide bonds. The van der Waals surface area contributed by atoms with Crippen LogP contribution in [-0.4, -0.2) is 17.1 Å². The van der Waals surface area contributed by atoms with E-state index in [0.29, 0.717) is 5.75 Å². The number of methoxy groups -OCH3 is 1. The molecule has 0 atom stereocenters. The number of ether oxygens (including phenoxy) is 1. The van der Waals surface area contributed by atoms with Gasteiger partial charge in [0.1, 0.15) is 0 Å². The molecule has 0 spiro atoms. The van der Waals surface area contributed by atoms with Crippen molar-refractivity contribution in [3.63, 3.8) is 0 Å². The van der Waals surface area contributed by atoms with E-state index in [1.54, 1.807) is 19.5 Å². The van der Waals surface area contributed by atoms with Gasteiger partial charge in [-0.05, 0) is 5.82 Å². The first-order valence-corrected chi connectivity index (χ1v) is 4.02. The van der Waals surface area contributed by atoms with Gasteiger partial charge in [0, 0.05) is 0 Å². The summed E-state index contributed by atoms with van der Waals surface area (Å²) >= 11 is 0. The molecule has 0 bridgehead atoms. The molecule has 68 valence electrons. The van der Waals surface area contributed by atoms with Gasteiger partial charge in [0.2, 0.25) is 0 Å². The van der Waals surface area contributed by atoms with E-state index in [4.69, 9.17) is 4.74 Å². The van der Waals surface area contributed by atoms with Gasteiger partial charge in [0.05, 0.1) is 19.5 Å². The van der Waals surface area contributed by atoms with E-state index in [9.17, 15) is 0 Å². The molecule has 0 aliphatic carbocycles. The molecule has 0 unspecified atom stereocenters. The van der Waals surface area contributed by atoms with Gasteiger partial charge < -0.3 is 11.2 Å². The van der Waals surface area contributed by atoms with Crippen LogP contribution in [0.15, 0.2) is 12.4 Å². The van der Waals surface area contributed by atoms with Gasteiger partial charge in [-0.15, -0.1) is 0 Å². The fourth-order valence-corrected chi connectivity index (χ4v) is 0.581. The van der Waals surface area contributed by atoms with E-state index >= 15 is 0 Å². The van der Waals surface area contributed by atoms with E-state index in [1.165, 1.54) is 0 Å². The molecule has 1 heterocycles. The molecular weight excluding hydrogens is 238 g/mol. The first-order valence-electron chi connectivity index (χ1n) is 4.02. The van der Waals surface area contributed by atoms with E-state index in [2.05, 4.69) is 9.97 Å². The van der Waals surface area contributed by atoms with E-state index < -0.39 is 0 Å². The van der Waals surface area contributed by atoms with Crippen molar-refractivity contribution in [1.29, 1.82) is 0 Å². The van der Waals surface area contributed by atoms with E-state index in [-0.39, 0.29) is 58.2 Å². The molecule has 0 saturated heterocycles. The molecule has 4 heteroatoms. The maximum absolute atomic E-state index is 4.87. The van der Waals surface area contributed by atoms with Gasteiger partial charge in [-0.2, -0.15) is 6.92 Å². The van der Waals surface area contributed by atoms with Crippen LogP contribution in [0.4, 0.5) is 0 Å². The summed E-state index contributed by atoms with van der Waals surface area (Å²) < 4.78 is 4.87. The summed E-state index contributed by atoms with van der Waals surface area (Å²) in [7, 11) is 1.59. The van der Waals surface area contributed by atoms with Gasteiger partial charge >= 0.3 is 58.2 Å². The van der Waals surface area contributed by atoms with Crippen molar-refractivity contribution in [3.8, 4) is 5.75 Å². The number of aromatic nitrogens is 2. The Bertz CT molecular complexity index is 178. The fourth-order valence-electron chi connectivity index (χ4n) is 0.581. The molecule has 3 nitrogen and oxygen atoms in total. The number of hydrogen-bond acceptors (Lipinski definition) is 3. The van der Waals surface area contributed by atoms with Crippen LogP contribution in [0.3, 0.4) is 0 Å². The SMILES string of the molecule is CC.C[CH-]c1ncc(OC)cn1.[Rb+]. The molecule has 0 saturated carbocycles. The van der Waals surface area contributed by atoms with Crippen LogP contribution < -0.4 is 62.9 Å². The molecular formula is C9H15N2ORb. The van der Waals surface area contributed by atoms with E-state index in [1.807, 2.05) is 27.2 Å². The topological polar surface area (TPSA) is 35.0 Å². The Morgan fingerprint density at radius 1 is 1.23 bits per heavy atom. The number of rotatable bonds is 2. The summed E-state index contributed by atoms with van der Waals surface area (Å²) in [6.45, 7) is 5.89. The predicted octanol–water partition coefficient (Wildman–Crippen LogP) is -0.912. The summed E-state index contributed by atoms with van der Waals surface area (Å²) in [6.07, 6.45) is 5.12. The first-order chi connectivity index (χ1) is 5.86. The van der Waals surface area contributed by atoms with Crippen molar-refractivity contribution in [3.05, 3.63) is 24.6 Å². The fraction of sp³-hybridized carbons (Fsp3) is 0.444. The van der Waals surface area contributed by atoms with Crippen LogP contribution in [0, 0.1) is 6.42 Å². The standard InChI is InChI=1S/C7H9N2O.C2H6.Rb/c1-3-7-8-4-6(10-2)5-9-7;1-2;/h3-5H,1-2H3;1-2H3;/q-1;;+1. The van der Waals surface area contributed by atoms with Gasteiger partial charge in [0.15, 0.2) is 5.75 Å². The summed E-state index contributed by atoms with van der Waals surface area (Å²) in [4.78, 5) is 7.95. The van der Waals surface area contributed by atoms with Crippen molar-refractivity contribution in [2.75, 3.05) is 7.11 Å². The Balaban J connectivity index is 0. The molecule has 1 rings (SSSR count). The maximum atomic E-state index is 4.87. The smallest absolute Gasteiger partial charge is 0.494 e. The van der Waals surface area contributed by atoms with Crippen molar-refractivity contribution in [1.82, 2.24) is 9.97 Å². The molecule has 1 aromatic rings. The van der Waals surface area contributed by atoms with Crippen molar-refractivity contribution >= 4 is 0 Å². The average molecular weight is 253 g/mol. The number of hydrogen-bond donors (Lipinski definition) is 0. The Labute approximate surface area is 129 Å². The number of nitrogens with zero attached hydrogens (tertiary/aromatic N) is 2. The Morgan fingerprint density at radius 3 is 2.00 bits per heavy atom. The van der Waals surface area contributed by atoms with Crippen LogP contribution in [-0.2, 0) is 0 Å². The third-order valence-corrected chi connectivity index (χ3v) is 1.14. The minimum Gasteiger partial charge on any atom is -0.494 e. The third-order valence-electron chi connectivity index (χ3n) is 1.14. The minimum absolute atomic E-state index is 0. The summed E-state index contributed by atoms with van der Waals surface area (Å²) in [5, 5.41) is 0. The Hall–Kier alpha value is 0.555. The van der Waals surface area contributed by atoms with Gasteiger partial charge in [0.25, 0.3) is 0 Å². The monoisotopic (exact) mass is 252 g/mol. The molecule has 0 fully saturated rings. The maximum Gasteiger partial charge on any atom is 1.00 e. The van der Waals surface area contributed by atoms with Crippen LogP contribution in [0.25, 0.3) is 0 Å². The quantitative estimate of drug-likeness (QED) is 0.639. The normalized spacial score (nSPS) is 7.38. The second-order valence-corrected chi connectivity index (χ2v) is 1.77. The van der Waals surface area contributed by atoms with Crippen LogP contribution in [0.2, 0.25) is 0 Å². The summed E-state index contributed by atoms with van der Waals surface area (Å²) in [6, 6.07) is 0. The zero-order chi connectivity index (χ0) is 9.40. The van der Waals surface area contributed by atoms with E-state index in [0.717, 1.165) is 5.82 Å². The first kappa shape index (κ1) is 16.0. The zero-order valence-electron chi connectivity index (χ0n) is 9.03. The predicted molar refractivity (Wildman–Crippen MR) is 49.0 cm³/mol. The Kier molecular flexibility index (Phi) is 13.1. The molecule has 0 N–H and O–H groups in total. The molecule has 1 aromatic heterocycles. The largest absolute Gasteiger partial charge is 1.00 e. The van der Waals surface area contributed by atoms with Crippen molar-refractivity contribution in [2.45, 2.75) is 20.8 Å². The van der Waals surface area contributed by atoms with Crippen LogP contribution in [0.1, 0.15) is 26.6 Å². The van der Waals surface area contributed by atoms with Gasteiger partial charge in [-0.3, -0.25) is 9.97 Å². The minimum atomic E-state index is 0. The van der Waals surface area contributed by atoms with Crippen LogP contribution >= 0.6 is 0 Å². The molecule has 13 heavy (non-hydrogen) atoms. The van der Waals surface area contributed by atoms with Crippen molar-refractivity contribution < 1.29 is 62.9 Å². The zero-order valence-corrected chi connectivity index (χ0v) is 14.0. The molecule has 0 aliphatic rings. The van der Waals surface area contributed by atoms with Gasteiger partial charge in [-0.25, -0.2) is 0 Å². The summed E-state index contributed by atoms with van der Waals surface area (Å²) in [5.74, 6) is 1.41. The van der Waals surface area contributed by atoms with Crippen LogP contribution in [0.5, 0.6) is 5.75 Å². The second kappa shape index (κ2) is 10.6. The molecule has 0 aromatic carbocycles. The van der Waals surface area contributed by atoms with Gasteiger partial charge in [-0.1, -0.05) is 13.8 Å². The molecule has 0 aliphatic heterocycles.